The zero-order chi connectivity index (χ0) is 21.7. The number of pyridine rings is 1. The molecule has 0 spiro atoms. The van der Waals surface area contributed by atoms with Crippen molar-refractivity contribution in [3.05, 3.63) is 36.9 Å². The minimum absolute atomic E-state index is 0.0214. The number of aromatic nitrogens is 6. The van der Waals surface area contributed by atoms with Gasteiger partial charge in [0.2, 0.25) is 11.8 Å². The molecule has 2 N–H and O–H groups in total. The Balaban J connectivity index is 1.37. The number of rotatable bonds is 5. The summed E-state index contributed by atoms with van der Waals surface area (Å²) in [6.45, 7) is 3.01. The number of ether oxygens (including phenoxy) is 2. The zero-order valence-electron chi connectivity index (χ0n) is 17.8. The molecule has 0 amide bonds. The minimum Gasteiger partial charge on any atom is -0.468 e. The van der Waals surface area contributed by atoms with Gasteiger partial charge in [-0.15, -0.1) is 5.10 Å². The van der Waals surface area contributed by atoms with E-state index in [1.807, 2.05) is 42.0 Å². The van der Waals surface area contributed by atoms with Crippen molar-refractivity contribution in [2.45, 2.75) is 50.4 Å². The van der Waals surface area contributed by atoms with E-state index in [9.17, 15) is 5.11 Å². The molecule has 10 heteroatoms. The second-order valence-electron chi connectivity index (χ2n) is 8.94. The van der Waals surface area contributed by atoms with Gasteiger partial charge in [0.15, 0.2) is 5.65 Å². The molecular weight excluding hydrogens is 410 g/mol. The SMILES string of the molecule is CC1(O)CCC(Nc2nc(OC3COC3)c3c(-c4ccc5ncnn5c4)ccn3n2)CC1. The lowest BCUT2D eigenvalue weighted by atomic mass is 9.84. The Labute approximate surface area is 184 Å². The molecule has 2 fully saturated rings. The Morgan fingerprint density at radius 1 is 1.19 bits per heavy atom. The van der Waals surface area contributed by atoms with Gasteiger partial charge in [-0.25, -0.2) is 14.0 Å². The maximum absolute atomic E-state index is 10.2. The first kappa shape index (κ1) is 19.4. The molecule has 0 unspecified atom stereocenters. The Kier molecular flexibility index (Phi) is 4.51. The van der Waals surface area contributed by atoms with Crippen LogP contribution < -0.4 is 10.1 Å². The summed E-state index contributed by atoms with van der Waals surface area (Å²) in [6.07, 6.45) is 8.63. The van der Waals surface area contributed by atoms with Gasteiger partial charge in [-0.3, -0.25) is 0 Å². The van der Waals surface area contributed by atoms with E-state index in [4.69, 9.17) is 19.6 Å². The van der Waals surface area contributed by atoms with Crippen LogP contribution in [0.15, 0.2) is 36.9 Å². The summed E-state index contributed by atoms with van der Waals surface area (Å²) in [5.41, 5.74) is 2.93. The molecule has 0 radical (unpaired) electrons. The van der Waals surface area contributed by atoms with Crippen LogP contribution in [0, 0.1) is 0 Å². The van der Waals surface area contributed by atoms with Crippen LogP contribution >= 0.6 is 0 Å². The topological polar surface area (TPSA) is 111 Å². The van der Waals surface area contributed by atoms with Crippen molar-refractivity contribution in [2.24, 2.45) is 0 Å². The highest BCUT2D eigenvalue weighted by Crippen LogP contribution is 2.34. The van der Waals surface area contributed by atoms with Gasteiger partial charge in [0.25, 0.3) is 0 Å². The molecule has 6 rings (SSSR count). The first-order chi connectivity index (χ1) is 15.5. The highest BCUT2D eigenvalue weighted by atomic mass is 16.6. The second kappa shape index (κ2) is 7.42. The lowest BCUT2D eigenvalue weighted by molar-refractivity contribution is -0.0808. The van der Waals surface area contributed by atoms with Crippen molar-refractivity contribution >= 4 is 17.1 Å². The van der Waals surface area contributed by atoms with E-state index in [1.54, 1.807) is 4.52 Å². The minimum atomic E-state index is -0.581. The van der Waals surface area contributed by atoms with Gasteiger partial charge in [0.05, 0.1) is 18.8 Å². The van der Waals surface area contributed by atoms with Crippen LogP contribution in [0.2, 0.25) is 0 Å². The third kappa shape index (κ3) is 3.55. The summed E-state index contributed by atoms with van der Waals surface area (Å²) >= 11 is 0. The predicted octanol–water partition coefficient (Wildman–Crippen LogP) is 2.32. The molecule has 5 heterocycles. The fraction of sp³-hybridized carbons (Fsp3) is 0.455. The molecule has 4 aromatic heterocycles. The highest BCUT2D eigenvalue weighted by molar-refractivity contribution is 5.84. The third-order valence-electron chi connectivity index (χ3n) is 6.35. The van der Waals surface area contributed by atoms with E-state index >= 15 is 0 Å². The largest absolute Gasteiger partial charge is 0.468 e. The Bertz CT molecular complexity index is 1270. The van der Waals surface area contributed by atoms with E-state index in [0.29, 0.717) is 25.0 Å². The van der Waals surface area contributed by atoms with E-state index < -0.39 is 5.60 Å². The monoisotopic (exact) mass is 435 g/mol. The predicted molar refractivity (Wildman–Crippen MR) is 117 cm³/mol. The normalized spacial score (nSPS) is 24.0. The average molecular weight is 435 g/mol. The van der Waals surface area contributed by atoms with Crippen molar-refractivity contribution in [2.75, 3.05) is 18.5 Å². The molecule has 0 atom stereocenters. The number of nitrogens with zero attached hydrogens (tertiary/aromatic N) is 6. The Hall–Kier alpha value is -3.24. The van der Waals surface area contributed by atoms with Crippen LogP contribution in [-0.2, 0) is 4.74 Å². The fourth-order valence-electron chi connectivity index (χ4n) is 4.35. The molecule has 10 nitrogen and oxygen atoms in total. The van der Waals surface area contributed by atoms with Crippen molar-refractivity contribution < 1.29 is 14.6 Å². The molecule has 2 aliphatic rings. The van der Waals surface area contributed by atoms with Crippen molar-refractivity contribution in [1.82, 2.24) is 29.2 Å². The number of anilines is 1. The van der Waals surface area contributed by atoms with Crippen LogP contribution in [0.3, 0.4) is 0 Å². The number of fused-ring (bicyclic) bond motifs is 2. The second-order valence-corrected chi connectivity index (χ2v) is 8.94. The summed E-state index contributed by atoms with van der Waals surface area (Å²) in [6, 6.07) is 6.17. The van der Waals surface area contributed by atoms with E-state index in [-0.39, 0.29) is 12.1 Å². The van der Waals surface area contributed by atoms with Gasteiger partial charge >= 0.3 is 0 Å². The molecule has 1 aliphatic carbocycles. The fourth-order valence-corrected chi connectivity index (χ4v) is 4.35. The smallest absolute Gasteiger partial charge is 0.244 e. The summed E-state index contributed by atoms with van der Waals surface area (Å²) in [4.78, 5) is 8.96. The Morgan fingerprint density at radius 2 is 2.03 bits per heavy atom. The van der Waals surface area contributed by atoms with Gasteiger partial charge in [0.1, 0.15) is 17.9 Å². The molecule has 4 aromatic rings. The lowest BCUT2D eigenvalue weighted by Gasteiger charge is -2.33. The molecular formula is C22H25N7O3. The van der Waals surface area contributed by atoms with E-state index in [2.05, 4.69) is 15.4 Å². The van der Waals surface area contributed by atoms with Crippen LogP contribution in [0.25, 0.3) is 22.3 Å². The number of nitrogens with one attached hydrogen (secondary N) is 1. The molecule has 32 heavy (non-hydrogen) atoms. The van der Waals surface area contributed by atoms with Crippen LogP contribution in [-0.4, -0.2) is 65.3 Å². The van der Waals surface area contributed by atoms with Crippen LogP contribution in [0.1, 0.15) is 32.6 Å². The molecule has 0 bridgehead atoms. The molecule has 1 saturated heterocycles. The molecule has 166 valence electrons. The first-order valence-electron chi connectivity index (χ1n) is 11.0. The van der Waals surface area contributed by atoms with Gasteiger partial charge in [-0.2, -0.15) is 10.1 Å². The summed E-state index contributed by atoms with van der Waals surface area (Å²) in [7, 11) is 0. The van der Waals surface area contributed by atoms with Gasteiger partial charge in [-0.1, -0.05) is 0 Å². The number of hydrogen-bond acceptors (Lipinski definition) is 8. The molecule has 1 saturated carbocycles. The number of aliphatic hydroxyl groups is 1. The van der Waals surface area contributed by atoms with Gasteiger partial charge in [-0.05, 0) is 50.8 Å². The quantitative estimate of drug-likeness (QED) is 0.491. The van der Waals surface area contributed by atoms with Crippen molar-refractivity contribution in [1.29, 1.82) is 0 Å². The summed E-state index contributed by atoms with van der Waals surface area (Å²) in [5, 5.41) is 22.6. The van der Waals surface area contributed by atoms with Crippen LogP contribution in [0.4, 0.5) is 5.95 Å². The lowest BCUT2D eigenvalue weighted by Crippen LogP contribution is -2.39. The average Bonchev–Trinajstić information content (AvgIpc) is 3.38. The van der Waals surface area contributed by atoms with Gasteiger partial charge < -0.3 is 19.9 Å². The van der Waals surface area contributed by atoms with Crippen molar-refractivity contribution in [3.8, 4) is 17.0 Å². The molecule has 0 aromatic carbocycles. The zero-order valence-corrected chi connectivity index (χ0v) is 17.8. The Morgan fingerprint density at radius 3 is 2.81 bits per heavy atom. The van der Waals surface area contributed by atoms with E-state index in [1.165, 1.54) is 6.33 Å². The standard InChI is InChI=1S/C22H25N7O3/c1-22(30)7-4-15(5-8-22)25-21-26-20(32-16-11-31-12-16)19-17(6-9-28(19)27-21)14-2-3-18-23-13-24-29(18)10-14/h2-3,6,9-10,13,15-16,30H,4-5,7-8,11-12H2,1H3,(H,25,27). The summed E-state index contributed by atoms with van der Waals surface area (Å²) < 4.78 is 15.1. The highest BCUT2D eigenvalue weighted by Gasteiger charge is 2.30. The summed E-state index contributed by atoms with van der Waals surface area (Å²) in [5.74, 6) is 1.05. The van der Waals surface area contributed by atoms with Crippen LogP contribution in [0.5, 0.6) is 5.88 Å². The maximum atomic E-state index is 10.2. The maximum Gasteiger partial charge on any atom is 0.244 e. The van der Waals surface area contributed by atoms with E-state index in [0.717, 1.165) is 48.0 Å². The first-order valence-corrected chi connectivity index (χ1v) is 11.0. The molecule has 1 aliphatic heterocycles. The van der Waals surface area contributed by atoms with Crippen molar-refractivity contribution in [3.63, 3.8) is 0 Å². The van der Waals surface area contributed by atoms with Gasteiger partial charge in [0, 0.05) is 29.6 Å². The number of hydrogen-bond donors (Lipinski definition) is 2. The third-order valence-corrected chi connectivity index (χ3v) is 6.35.